The molecular formula is C25H30F2N2O4. The first kappa shape index (κ1) is 24.5. The number of carbonyl (C=O) groups excluding carboxylic acids is 1. The lowest BCUT2D eigenvalue weighted by atomic mass is 10.1. The Morgan fingerprint density at radius 1 is 1.12 bits per heavy atom. The average molecular weight is 461 g/mol. The van der Waals surface area contributed by atoms with Crippen molar-refractivity contribution in [2.24, 2.45) is 0 Å². The number of methoxy groups -OCH3 is 3. The molecule has 0 bridgehead atoms. The quantitative estimate of drug-likeness (QED) is 0.605. The standard InChI is InChI=1S/C25H30F2N2O4/c1-16(10-17-7-8-19(26)13-21(17)27)14-29(15-20-6-5-9-28-20)25(30)18-11-22(31-2)24(33-4)23(12-18)32-3/h7-8,10-13,20,28H,5-6,9,14-15H2,1-4H3/b16-10+/t20-/m0/s1. The van der Waals surface area contributed by atoms with E-state index in [0.717, 1.165) is 31.0 Å². The third kappa shape index (κ3) is 6.01. The summed E-state index contributed by atoms with van der Waals surface area (Å²) < 4.78 is 43.5. The van der Waals surface area contributed by atoms with Crippen molar-refractivity contribution < 1.29 is 27.8 Å². The lowest BCUT2D eigenvalue weighted by Gasteiger charge is -2.27. The summed E-state index contributed by atoms with van der Waals surface area (Å²) >= 11 is 0. The zero-order chi connectivity index (χ0) is 24.0. The number of hydrogen-bond donors (Lipinski definition) is 1. The van der Waals surface area contributed by atoms with Crippen molar-refractivity contribution in [1.29, 1.82) is 0 Å². The monoisotopic (exact) mass is 460 g/mol. The van der Waals surface area contributed by atoms with Crippen molar-refractivity contribution in [1.82, 2.24) is 10.2 Å². The normalized spacial score (nSPS) is 15.9. The Labute approximate surface area is 193 Å². The van der Waals surface area contributed by atoms with Crippen LogP contribution < -0.4 is 19.5 Å². The first-order valence-electron chi connectivity index (χ1n) is 10.8. The second kappa shape index (κ2) is 11.1. The average Bonchev–Trinajstić information content (AvgIpc) is 3.32. The predicted molar refractivity (Wildman–Crippen MR) is 123 cm³/mol. The molecule has 0 aliphatic carbocycles. The highest BCUT2D eigenvalue weighted by Crippen LogP contribution is 2.38. The van der Waals surface area contributed by atoms with Crippen molar-refractivity contribution in [2.45, 2.75) is 25.8 Å². The molecule has 3 rings (SSSR count). The smallest absolute Gasteiger partial charge is 0.254 e. The summed E-state index contributed by atoms with van der Waals surface area (Å²) in [5.74, 6) is -0.304. The minimum atomic E-state index is -0.644. The van der Waals surface area contributed by atoms with Gasteiger partial charge in [0.2, 0.25) is 5.75 Å². The molecule has 0 saturated carbocycles. The first-order valence-corrected chi connectivity index (χ1v) is 10.8. The zero-order valence-corrected chi connectivity index (χ0v) is 19.4. The summed E-state index contributed by atoms with van der Waals surface area (Å²) in [6.45, 7) is 3.50. The van der Waals surface area contributed by atoms with Crippen LogP contribution >= 0.6 is 0 Å². The number of halogens is 2. The van der Waals surface area contributed by atoms with E-state index >= 15 is 0 Å². The van der Waals surface area contributed by atoms with Crippen LogP contribution in [0.15, 0.2) is 35.9 Å². The van der Waals surface area contributed by atoms with E-state index in [1.807, 2.05) is 6.92 Å². The Bertz CT molecular complexity index is 994. The van der Waals surface area contributed by atoms with Crippen molar-refractivity contribution >= 4 is 12.0 Å². The van der Waals surface area contributed by atoms with Gasteiger partial charge < -0.3 is 24.4 Å². The lowest BCUT2D eigenvalue weighted by Crippen LogP contribution is -2.42. The van der Waals surface area contributed by atoms with Gasteiger partial charge in [-0.2, -0.15) is 0 Å². The van der Waals surface area contributed by atoms with E-state index in [4.69, 9.17) is 14.2 Å². The van der Waals surface area contributed by atoms with Gasteiger partial charge in [-0.15, -0.1) is 0 Å². The van der Waals surface area contributed by atoms with Crippen molar-refractivity contribution in [3.05, 3.63) is 58.7 Å². The summed E-state index contributed by atoms with van der Waals surface area (Å²) in [4.78, 5) is 15.3. The molecule has 1 heterocycles. The van der Waals surface area contributed by atoms with E-state index in [1.165, 1.54) is 33.5 Å². The molecule has 1 amide bonds. The van der Waals surface area contributed by atoms with Crippen LogP contribution in [-0.4, -0.2) is 57.8 Å². The van der Waals surface area contributed by atoms with Crippen LogP contribution in [0, 0.1) is 11.6 Å². The molecule has 1 saturated heterocycles. The van der Waals surface area contributed by atoms with Crippen LogP contribution in [0.2, 0.25) is 0 Å². The molecular weight excluding hydrogens is 430 g/mol. The maximum absolute atomic E-state index is 14.1. The van der Waals surface area contributed by atoms with Crippen LogP contribution in [-0.2, 0) is 0 Å². The molecule has 178 valence electrons. The minimum Gasteiger partial charge on any atom is -0.493 e. The second-order valence-corrected chi connectivity index (χ2v) is 8.05. The molecule has 33 heavy (non-hydrogen) atoms. The highest BCUT2D eigenvalue weighted by atomic mass is 19.1. The van der Waals surface area contributed by atoms with E-state index in [0.29, 0.717) is 29.4 Å². The Morgan fingerprint density at radius 2 is 1.82 bits per heavy atom. The predicted octanol–water partition coefficient (Wildman–Crippen LogP) is 4.29. The van der Waals surface area contributed by atoms with Gasteiger partial charge in [-0.3, -0.25) is 4.79 Å². The number of ether oxygens (including phenoxy) is 3. The topological polar surface area (TPSA) is 60.0 Å². The molecule has 1 N–H and O–H groups in total. The van der Waals surface area contributed by atoms with Crippen LogP contribution in [0.25, 0.3) is 6.08 Å². The van der Waals surface area contributed by atoms with Crippen molar-refractivity contribution in [3.8, 4) is 17.2 Å². The molecule has 8 heteroatoms. The fraction of sp³-hybridized carbons (Fsp3) is 0.400. The number of carbonyl (C=O) groups is 1. The number of rotatable bonds is 9. The summed E-state index contributed by atoms with van der Waals surface area (Å²) in [7, 11) is 4.49. The molecule has 6 nitrogen and oxygen atoms in total. The number of benzene rings is 2. The fourth-order valence-electron chi connectivity index (χ4n) is 4.02. The SMILES string of the molecule is COc1cc(C(=O)N(C/C(C)=C/c2ccc(F)cc2F)C[C@@H]2CCCN2)cc(OC)c1OC. The van der Waals surface area contributed by atoms with Crippen LogP contribution in [0.3, 0.4) is 0 Å². The van der Waals surface area contributed by atoms with Crippen LogP contribution in [0.4, 0.5) is 8.78 Å². The Hall–Kier alpha value is -3.13. The van der Waals surface area contributed by atoms with E-state index < -0.39 is 11.6 Å². The molecule has 1 aliphatic heterocycles. The minimum absolute atomic E-state index is 0.173. The lowest BCUT2D eigenvalue weighted by molar-refractivity contribution is 0.0756. The fourth-order valence-corrected chi connectivity index (χ4v) is 4.02. The van der Waals surface area contributed by atoms with E-state index in [9.17, 15) is 13.6 Å². The van der Waals surface area contributed by atoms with Crippen LogP contribution in [0.1, 0.15) is 35.7 Å². The van der Waals surface area contributed by atoms with Gasteiger partial charge in [-0.05, 0) is 50.6 Å². The second-order valence-electron chi connectivity index (χ2n) is 8.05. The first-order chi connectivity index (χ1) is 15.9. The van der Waals surface area contributed by atoms with Gasteiger partial charge in [-0.1, -0.05) is 11.6 Å². The van der Waals surface area contributed by atoms with Gasteiger partial charge in [0.1, 0.15) is 11.6 Å². The molecule has 1 aliphatic rings. The van der Waals surface area contributed by atoms with Gasteiger partial charge in [-0.25, -0.2) is 8.78 Å². The Balaban J connectivity index is 1.91. The van der Waals surface area contributed by atoms with Crippen LogP contribution in [0.5, 0.6) is 17.2 Å². The highest BCUT2D eigenvalue weighted by Gasteiger charge is 2.25. The third-order valence-electron chi connectivity index (χ3n) is 5.61. The Morgan fingerprint density at radius 3 is 2.36 bits per heavy atom. The van der Waals surface area contributed by atoms with Gasteiger partial charge in [0.05, 0.1) is 21.3 Å². The Kier molecular flexibility index (Phi) is 8.27. The molecule has 2 aromatic rings. The molecule has 2 aromatic carbocycles. The van der Waals surface area contributed by atoms with Crippen molar-refractivity contribution in [3.63, 3.8) is 0 Å². The van der Waals surface area contributed by atoms with Crippen molar-refractivity contribution in [2.75, 3.05) is 41.0 Å². The van der Waals surface area contributed by atoms with Gasteiger partial charge >= 0.3 is 0 Å². The molecule has 1 fully saturated rings. The summed E-state index contributed by atoms with van der Waals surface area (Å²) in [6.07, 6.45) is 3.65. The number of hydrogen-bond acceptors (Lipinski definition) is 5. The number of amides is 1. The number of nitrogens with zero attached hydrogens (tertiary/aromatic N) is 1. The summed E-state index contributed by atoms with van der Waals surface area (Å²) in [5.41, 5.74) is 1.43. The summed E-state index contributed by atoms with van der Waals surface area (Å²) in [6, 6.07) is 6.86. The maximum Gasteiger partial charge on any atom is 0.254 e. The van der Waals surface area contributed by atoms with Gasteiger partial charge in [0.25, 0.3) is 5.91 Å². The largest absolute Gasteiger partial charge is 0.493 e. The zero-order valence-electron chi connectivity index (χ0n) is 19.4. The molecule has 0 aromatic heterocycles. The molecule has 1 atom stereocenters. The van der Waals surface area contributed by atoms with Gasteiger partial charge in [0, 0.05) is 36.3 Å². The van der Waals surface area contributed by atoms with Gasteiger partial charge in [0.15, 0.2) is 11.5 Å². The third-order valence-corrected chi connectivity index (χ3v) is 5.61. The van der Waals surface area contributed by atoms with E-state index in [-0.39, 0.29) is 24.1 Å². The molecule has 0 unspecified atom stereocenters. The molecule has 0 radical (unpaired) electrons. The summed E-state index contributed by atoms with van der Waals surface area (Å²) in [5, 5.41) is 3.41. The molecule has 0 spiro atoms. The van der Waals surface area contributed by atoms with E-state index in [2.05, 4.69) is 5.32 Å². The number of nitrogens with one attached hydrogen (secondary N) is 1. The van der Waals surface area contributed by atoms with E-state index in [1.54, 1.807) is 23.1 Å². The maximum atomic E-state index is 14.1. The highest BCUT2D eigenvalue weighted by molar-refractivity contribution is 5.96.